The lowest BCUT2D eigenvalue weighted by atomic mass is 10.1. The van der Waals surface area contributed by atoms with Crippen LogP contribution in [0.4, 0.5) is 0 Å². The summed E-state index contributed by atoms with van der Waals surface area (Å²) in [5, 5.41) is 5.26. The molecular weight excluding hydrogens is 362 g/mol. The van der Waals surface area contributed by atoms with Gasteiger partial charge < -0.3 is 4.90 Å². The Bertz CT molecular complexity index is 1140. The smallest absolute Gasteiger partial charge is 0.254 e. The number of carbonyl (C=O) groups excluding carboxylic acids is 1. The summed E-state index contributed by atoms with van der Waals surface area (Å²) in [5.41, 5.74) is 4.10. The van der Waals surface area contributed by atoms with E-state index < -0.39 is 0 Å². The van der Waals surface area contributed by atoms with E-state index in [0.29, 0.717) is 12.1 Å². The summed E-state index contributed by atoms with van der Waals surface area (Å²) in [7, 11) is 1.81. The number of nitrogens with zero attached hydrogens (tertiary/aromatic N) is 5. The Labute approximate surface area is 169 Å². The van der Waals surface area contributed by atoms with E-state index in [4.69, 9.17) is 4.98 Å². The summed E-state index contributed by atoms with van der Waals surface area (Å²) in [4.78, 5) is 24.0. The van der Waals surface area contributed by atoms with E-state index in [2.05, 4.69) is 23.9 Å². The van der Waals surface area contributed by atoms with E-state index >= 15 is 0 Å². The maximum Gasteiger partial charge on any atom is 0.254 e. The number of aromatic nitrogens is 4. The highest BCUT2D eigenvalue weighted by molar-refractivity contribution is 6.06. The zero-order valence-corrected chi connectivity index (χ0v) is 16.8. The molecule has 3 aromatic heterocycles. The van der Waals surface area contributed by atoms with Crippen molar-refractivity contribution in [1.82, 2.24) is 24.6 Å². The van der Waals surface area contributed by atoms with Gasteiger partial charge in [-0.15, -0.1) is 0 Å². The predicted molar refractivity (Wildman–Crippen MR) is 113 cm³/mol. The molecule has 1 aromatic carbocycles. The van der Waals surface area contributed by atoms with Gasteiger partial charge in [0.05, 0.1) is 22.8 Å². The number of hydrogen-bond donors (Lipinski definition) is 0. The average molecular weight is 385 g/mol. The molecule has 29 heavy (non-hydrogen) atoms. The molecule has 6 heteroatoms. The van der Waals surface area contributed by atoms with Gasteiger partial charge in [-0.3, -0.25) is 9.78 Å². The second kappa shape index (κ2) is 7.83. The van der Waals surface area contributed by atoms with Crippen molar-refractivity contribution in [3.8, 4) is 11.3 Å². The van der Waals surface area contributed by atoms with Gasteiger partial charge in [0.2, 0.25) is 0 Å². The van der Waals surface area contributed by atoms with E-state index in [9.17, 15) is 4.79 Å². The molecule has 0 aliphatic heterocycles. The summed E-state index contributed by atoms with van der Waals surface area (Å²) in [6, 6.07) is 15.7. The van der Waals surface area contributed by atoms with Crippen LogP contribution in [-0.4, -0.2) is 37.6 Å². The molecule has 0 unspecified atom stereocenters. The predicted octanol–water partition coefficient (Wildman–Crippen LogP) is 4.35. The van der Waals surface area contributed by atoms with Gasteiger partial charge >= 0.3 is 0 Å². The van der Waals surface area contributed by atoms with Gasteiger partial charge in [-0.25, -0.2) is 9.67 Å². The number of hydrogen-bond acceptors (Lipinski definition) is 4. The summed E-state index contributed by atoms with van der Waals surface area (Å²) < 4.78 is 1.86. The Balaban J connectivity index is 1.81. The summed E-state index contributed by atoms with van der Waals surface area (Å²) >= 11 is 0. The summed E-state index contributed by atoms with van der Waals surface area (Å²) in [5.74, 6) is -0.0605. The van der Waals surface area contributed by atoms with Gasteiger partial charge in [0, 0.05) is 37.6 Å². The number of fused-ring (bicyclic) bond motifs is 1. The van der Waals surface area contributed by atoms with Crippen molar-refractivity contribution < 1.29 is 4.79 Å². The fourth-order valence-electron chi connectivity index (χ4n) is 3.37. The second-order valence-corrected chi connectivity index (χ2v) is 7.36. The molecule has 0 fully saturated rings. The van der Waals surface area contributed by atoms with Crippen LogP contribution in [0.2, 0.25) is 0 Å². The fraction of sp³-hybridized carbons (Fsp3) is 0.217. The number of pyridine rings is 2. The van der Waals surface area contributed by atoms with Gasteiger partial charge in [0.15, 0.2) is 5.65 Å². The van der Waals surface area contributed by atoms with Crippen LogP contribution in [0, 0.1) is 0 Å². The van der Waals surface area contributed by atoms with Crippen molar-refractivity contribution >= 4 is 16.9 Å². The lowest BCUT2D eigenvalue weighted by Crippen LogP contribution is -2.26. The zero-order chi connectivity index (χ0) is 20.4. The first-order valence-electron chi connectivity index (χ1n) is 9.62. The molecule has 0 saturated carbocycles. The SMILES string of the molecule is CC(C)n1ncc2c(C(=O)N(C)Cc3ccncc3)cc(-c3ccccc3)nc21. The zero-order valence-electron chi connectivity index (χ0n) is 16.8. The Kier molecular flexibility index (Phi) is 5.08. The first-order valence-corrected chi connectivity index (χ1v) is 9.62. The molecule has 0 radical (unpaired) electrons. The molecule has 0 atom stereocenters. The van der Waals surface area contributed by atoms with E-state index in [-0.39, 0.29) is 11.9 Å². The standard InChI is InChI=1S/C23H23N5O/c1-16(2)28-22-20(14-25-28)19(13-21(26-22)18-7-5-4-6-8-18)23(29)27(3)15-17-9-11-24-12-10-17/h4-14,16H,15H2,1-3H3. The third kappa shape index (κ3) is 3.74. The van der Waals surface area contributed by atoms with Crippen LogP contribution in [0.5, 0.6) is 0 Å². The quantitative estimate of drug-likeness (QED) is 0.512. The van der Waals surface area contributed by atoms with E-state index in [1.54, 1.807) is 23.5 Å². The van der Waals surface area contributed by atoms with Crippen LogP contribution in [0.3, 0.4) is 0 Å². The molecule has 4 rings (SSSR count). The lowest BCUT2D eigenvalue weighted by molar-refractivity contribution is 0.0787. The van der Waals surface area contributed by atoms with Crippen LogP contribution >= 0.6 is 0 Å². The molecule has 0 saturated heterocycles. The number of benzene rings is 1. The third-order valence-corrected chi connectivity index (χ3v) is 4.87. The van der Waals surface area contributed by atoms with Crippen molar-refractivity contribution in [1.29, 1.82) is 0 Å². The Morgan fingerprint density at radius 2 is 1.83 bits per heavy atom. The molecule has 4 aromatic rings. The van der Waals surface area contributed by atoms with Gasteiger partial charge in [0.25, 0.3) is 5.91 Å². The Hall–Kier alpha value is -3.54. The van der Waals surface area contributed by atoms with Crippen molar-refractivity contribution in [2.24, 2.45) is 0 Å². The highest BCUT2D eigenvalue weighted by Gasteiger charge is 2.21. The maximum absolute atomic E-state index is 13.4. The highest BCUT2D eigenvalue weighted by atomic mass is 16.2. The molecule has 0 aliphatic carbocycles. The van der Waals surface area contributed by atoms with Gasteiger partial charge in [-0.1, -0.05) is 30.3 Å². The molecule has 0 spiro atoms. The third-order valence-electron chi connectivity index (χ3n) is 4.87. The molecule has 0 bridgehead atoms. The molecule has 1 amide bonds. The molecule has 3 heterocycles. The van der Waals surface area contributed by atoms with Crippen LogP contribution < -0.4 is 0 Å². The summed E-state index contributed by atoms with van der Waals surface area (Å²) in [6.07, 6.45) is 5.21. The molecule has 0 aliphatic rings. The minimum atomic E-state index is -0.0605. The number of rotatable bonds is 5. The molecule has 0 N–H and O–H groups in total. The van der Waals surface area contributed by atoms with Crippen molar-refractivity contribution in [3.05, 3.63) is 78.2 Å². The minimum absolute atomic E-state index is 0.0605. The van der Waals surface area contributed by atoms with Crippen LogP contribution in [0.25, 0.3) is 22.3 Å². The molecule has 6 nitrogen and oxygen atoms in total. The molecule has 146 valence electrons. The van der Waals surface area contributed by atoms with Crippen molar-refractivity contribution in [2.45, 2.75) is 26.4 Å². The van der Waals surface area contributed by atoms with E-state index in [1.807, 2.05) is 60.3 Å². The van der Waals surface area contributed by atoms with Crippen LogP contribution in [0.15, 0.2) is 67.1 Å². The number of carbonyl (C=O) groups is 1. The topological polar surface area (TPSA) is 63.9 Å². The molecular formula is C23H23N5O. The first-order chi connectivity index (χ1) is 14.0. The van der Waals surface area contributed by atoms with Gasteiger partial charge in [0.1, 0.15) is 0 Å². The highest BCUT2D eigenvalue weighted by Crippen LogP contribution is 2.27. The Morgan fingerprint density at radius 1 is 1.10 bits per heavy atom. The monoisotopic (exact) mass is 385 g/mol. The summed E-state index contributed by atoms with van der Waals surface area (Å²) in [6.45, 7) is 4.62. The second-order valence-electron chi connectivity index (χ2n) is 7.36. The lowest BCUT2D eigenvalue weighted by Gasteiger charge is -2.18. The largest absolute Gasteiger partial charge is 0.337 e. The minimum Gasteiger partial charge on any atom is -0.337 e. The van der Waals surface area contributed by atoms with Crippen molar-refractivity contribution in [2.75, 3.05) is 7.05 Å². The Morgan fingerprint density at radius 3 is 2.52 bits per heavy atom. The van der Waals surface area contributed by atoms with E-state index in [1.165, 1.54) is 0 Å². The van der Waals surface area contributed by atoms with Crippen LogP contribution in [-0.2, 0) is 6.54 Å². The van der Waals surface area contributed by atoms with Gasteiger partial charge in [-0.05, 0) is 37.6 Å². The fourth-order valence-corrected chi connectivity index (χ4v) is 3.37. The van der Waals surface area contributed by atoms with Crippen molar-refractivity contribution in [3.63, 3.8) is 0 Å². The maximum atomic E-state index is 13.4. The normalized spacial score (nSPS) is 11.2. The van der Waals surface area contributed by atoms with Crippen LogP contribution in [0.1, 0.15) is 35.8 Å². The van der Waals surface area contributed by atoms with Gasteiger partial charge in [-0.2, -0.15) is 5.10 Å². The number of amides is 1. The van der Waals surface area contributed by atoms with E-state index in [0.717, 1.165) is 27.9 Å². The first kappa shape index (κ1) is 18.8. The average Bonchev–Trinajstić information content (AvgIpc) is 3.18.